The molecule has 1 fully saturated rings. The summed E-state index contributed by atoms with van der Waals surface area (Å²) in [4.78, 5) is 12.8. The fourth-order valence-corrected chi connectivity index (χ4v) is 4.09. The van der Waals surface area contributed by atoms with Crippen molar-refractivity contribution in [1.82, 2.24) is 0 Å². The van der Waals surface area contributed by atoms with Crippen molar-refractivity contribution in [1.29, 1.82) is 0 Å². The largest absolute Gasteiger partial charge is 0.481 e. The maximum absolute atomic E-state index is 11.7. The molecule has 1 aliphatic rings. The molecule has 3 N–H and O–H groups in total. The van der Waals surface area contributed by atoms with Gasteiger partial charge in [0.05, 0.1) is 12.1 Å². The SMILES string of the molecule is NS(=O)(=O)c1ccccc1N1CCSCC1CC(=O)O. The van der Waals surface area contributed by atoms with Crippen LogP contribution in [0.2, 0.25) is 0 Å². The lowest BCUT2D eigenvalue weighted by atomic mass is 10.1. The minimum Gasteiger partial charge on any atom is -0.481 e. The van der Waals surface area contributed by atoms with Crippen LogP contribution in [0.4, 0.5) is 5.69 Å². The van der Waals surface area contributed by atoms with E-state index in [-0.39, 0.29) is 17.4 Å². The number of hydrogen-bond donors (Lipinski definition) is 2. The topological polar surface area (TPSA) is 101 Å². The fraction of sp³-hybridized carbons (Fsp3) is 0.417. The molecule has 1 aromatic rings. The molecule has 0 saturated carbocycles. The Labute approximate surface area is 122 Å². The molecule has 0 aromatic heterocycles. The van der Waals surface area contributed by atoms with E-state index in [4.69, 9.17) is 10.2 Å². The summed E-state index contributed by atoms with van der Waals surface area (Å²) in [5, 5.41) is 14.2. The van der Waals surface area contributed by atoms with E-state index in [2.05, 4.69) is 0 Å². The summed E-state index contributed by atoms with van der Waals surface area (Å²) >= 11 is 1.67. The summed E-state index contributed by atoms with van der Waals surface area (Å²) in [6.45, 7) is 0.606. The predicted molar refractivity (Wildman–Crippen MR) is 78.5 cm³/mol. The van der Waals surface area contributed by atoms with Crippen LogP contribution in [-0.2, 0) is 14.8 Å². The maximum Gasteiger partial charge on any atom is 0.305 e. The van der Waals surface area contributed by atoms with Gasteiger partial charge in [0.15, 0.2) is 0 Å². The number of para-hydroxylation sites is 1. The van der Waals surface area contributed by atoms with Gasteiger partial charge in [0.1, 0.15) is 4.90 Å². The summed E-state index contributed by atoms with van der Waals surface area (Å²) in [5.74, 6) is 0.593. The molecule has 1 saturated heterocycles. The lowest BCUT2D eigenvalue weighted by Gasteiger charge is -2.37. The number of aliphatic carboxylic acids is 1. The molecule has 0 bridgehead atoms. The normalized spacial score (nSPS) is 19.9. The van der Waals surface area contributed by atoms with Gasteiger partial charge in [0.2, 0.25) is 10.0 Å². The van der Waals surface area contributed by atoms with E-state index in [0.717, 1.165) is 5.75 Å². The lowest BCUT2D eigenvalue weighted by molar-refractivity contribution is -0.137. The van der Waals surface area contributed by atoms with Gasteiger partial charge in [-0.25, -0.2) is 13.6 Å². The second kappa shape index (κ2) is 6.02. The zero-order chi connectivity index (χ0) is 14.8. The Morgan fingerprint density at radius 2 is 2.15 bits per heavy atom. The number of nitrogens with two attached hydrogens (primary N) is 1. The number of sulfonamides is 1. The van der Waals surface area contributed by atoms with Crippen molar-refractivity contribution in [3.8, 4) is 0 Å². The zero-order valence-electron chi connectivity index (χ0n) is 10.7. The molecule has 1 aliphatic heterocycles. The number of anilines is 1. The van der Waals surface area contributed by atoms with Crippen LogP contribution in [0.15, 0.2) is 29.2 Å². The Morgan fingerprint density at radius 1 is 1.45 bits per heavy atom. The van der Waals surface area contributed by atoms with Crippen molar-refractivity contribution in [3.63, 3.8) is 0 Å². The first-order valence-electron chi connectivity index (χ1n) is 6.07. The average molecular weight is 316 g/mol. The molecule has 0 amide bonds. The first-order chi connectivity index (χ1) is 9.39. The summed E-state index contributed by atoms with van der Waals surface area (Å²) in [6, 6.07) is 6.22. The Balaban J connectivity index is 2.40. The van der Waals surface area contributed by atoms with Crippen LogP contribution in [-0.4, -0.2) is 43.6 Å². The van der Waals surface area contributed by atoms with Gasteiger partial charge >= 0.3 is 5.97 Å². The number of carboxylic acids is 1. The van der Waals surface area contributed by atoms with Gasteiger partial charge in [-0.1, -0.05) is 12.1 Å². The molecule has 1 heterocycles. The number of benzene rings is 1. The van der Waals surface area contributed by atoms with Gasteiger partial charge in [-0.2, -0.15) is 11.8 Å². The summed E-state index contributed by atoms with van der Waals surface area (Å²) in [7, 11) is -3.83. The third-order valence-corrected chi connectivity index (χ3v) is 5.17. The molecule has 110 valence electrons. The number of hydrogen-bond acceptors (Lipinski definition) is 5. The molecule has 20 heavy (non-hydrogen) atoms. The monoisotopic (exact) mass is 316 g/mol. The van der Waals surface area contributed by atoms with Crippen LogP contribution < -0.4 is 10.0 Å². The first-order valence-corrected chi connectivity index (χ1v) is 8.77. The van der Waals surface area contributed by atoms with Gasteiger partial charge in [-0.3, -0.25) is 4.79 Å². The molecular formula is C12H16N2O4S2. The van der Waals surface area contributed by atoms with Crippen molar-refractivity contribution in [3.05, 3.63) is 24.3 Å². The number of carboxylic acid groups (broad SMARTS) is 1. The number of primary sulfonamides is 1. The van der Waals surface area contributed by atoms with Crippen LogP contribution in [0.1, 0.15) is 6.42 Å². The van der Waals surface area contributed by atoms with Crippen LogP contribution >= 0.6 is 11.8 Å². The Kier molecular flexibility index (Phi) is 4.56. The third kappa shape index (κ3) is 3.44. The van der Waals surface area contributed by atoms with Crippen molar-refractivity contribution in [2.45, 2.75) is 17.4 Å². The fourth-order valence-electron chi connectivity index (χ4n) is 2.28. The molecule has 1 atom stereocenters. The van der Waals surface area contributed by atoms with Gasteiger partial charge < -0.3 is 10.0 Å². The Hall–Kier alpha value is -1.25. The number of nitrogens with zero attached hydrogens (tertiary/aromatic N) is 1. The van der Waals surface area contributed by atoms with Crippen molar-refractivity contribution >= 4 is 33.4 Å². The minimum atomic E-state index is -3.83. The summed E-state index contributed by atoms with van der Waals surface area (Å²) < 4.78 is 23.3. The molecule has 2 rings (SSSR count). The lowest BCUT2D eigenvalue weighted by Crippen LogP contribution is -2.44. The van der Waals surface area contributed by atoms with Crippen LogP contribution in [0.5, 0.6) is 0 Å². The van der Waals surface area contributed by atoms with Gasteiger partial charge in [-0.05, 0) is 12.1 Å². The molecule has 6 nitrogen and oxygen atoms in total. The average Bonchev–Trinajstić information content (AvgIpc) is 2.38. The summed E-state index contributed by atoms with van der Waals surface area (Å²) in [5.41, 5.74) is 0.488. The zero-order valence-corrected chi connectivity index (χ0v) is 12.4. The number of rotatable bonds is 4. The van der Waals surface area contributed by atoms with Crippen LogP contribution in [0.3, 0.4) is 0 Å². The van der Waals surface area contributed by atoms with Crippen molar-refractivity contribution in [2.24, 2.45) is 5.14 Å². The van der Waals surface area contributed by atoms with Crippen molar-refractivity contribution in [2.75, 3.05) is 23.0 Å². The smallest absolute Gasteiger partial charge is 0.305 e. The number of carbonyl (C=O) groups is 1. The highest BCUT2D eigenvalue weighted by atomic mass is 32.2. The highest BCUT2D eigenvalue weighted by molar-refractivity contribution is 7.99. The third-order valence-electron chi connectivity index (χ3n) is 3.12. The first kappa shape index (κ1) is 15.1. The Bertz CT molecular complexity index is 603. The molecular weight excluding hydrogens is 300 g/mol. The molecule has 0 aliphatic carbocycles. The van der Waals surface area contributed by atoms with Gasteiger partial charge in [0, 0.05) is 24.1 Å². The second-order valence-corrected chi connectivity index (χ2v) is 7.21. The second-order valence-electron chi connectivity index (χ2n) is 4.53. The highest BCUT2D eigenvalue weighted by Gasteiger charge is 2.28. The summed E-state index contributed by atoms with van der Waals surface area (Å²) in [6.07, 6.45) is -0.0219. The van der Waals surface area contributed by atoms with E-state index < -0.39 is 16.0 Å². The Morgan fingerprint density at radius 3 is 2.80 bits per heavy atom. The van der Waals surface area contributed by atoms with Gasteiger partial charge in [0.25, 0.3) is 0 Å². The van der Waals surface area contributed by atoms with E-state index in [1.165, 1.54) is 6.07 Å². The highest BCUT2D eigenvalue weighted by Crippen LogP contribution is 2.30. The van der Waals surface area contributed by atoms with Crippen molar-refractivity contribution < 1.29 is 18.3 Å². The van der Waals surface area contributed by atoms with E-state index in [1.807, 2.05) is 4.90 Å². The van der Waals surface area contributed by atoms with E-state index in [1.54, 1.807) is 30.0 Å². The van der Waals surface area contributed by atoms with E-state index in [9.17, 15) is 13.2 Å². The maximum atomic E-state index is 11.7. The molecule has 8 heteroatoms. The van der Waals surface area contributed by atoms with E-state index >= 15 is 0 Å². The molecule has 0 spiro atoms. The predicted octanol–water partition coefficient (Wildman–Crippen LogP) is 0.731. The standard InChI is InChI=1S/C12H16N2O4S2/c13-20(17,18)11-4-2-1-3-10(11)14-5-6-19-8-9(14)7-12(15)16/h1-4,9H,5-8H2,(H,15,16)(H2,13,17,18). The van der Waals surface area contributed by atoms with Crippen LogP contribution in [0.25, 0.3) is 0 Å². The molecule has 0 radical (unpaired) electrons. The minimum absolute atomic E-state index is 0.0219. The van der Waals surface area contributed by atoms with Crippen LogP contribution in [0, 0.1) is 0 Å². The van der Waals surface area contributed by atoms with E-state index in [0.29, 0.717) is 18.0 Å². The molecule has 1 aromatic carbocycles. The van der Waals surface area contributed by atoms with Gasteiger partial charge in [-0.15, -0.1) is 0 Å². The number of thioether (sulfide) groups is 1. The molecule has 1 unspecified atom stereocenters. The quantitative estimate of drug-likeness (QED) is 0.849.